The molecule has 0 radical (unpaired) electrons. The molecular weight excluding hydrogens is 463 g/mol. The van der Waals surface area contributed by atoms with Gasteiger partial charge in [0, 0.05) is 25.8 Å². The van der Waals surface area contributed by atoms with Crippen LogP contribution >= 0.6 is 0 Å². The molecule has 180 valence electrons. The molecule has 8 nitrogen and oxygen atoms in total. The number of likely N-dealkylation sites (N-methyl/N-ethyl adjacent to an activating group) is 1. The molecule has 0 saturated heterocycles. The van der Waals surface area contributed by atoms with Gasteiger partial charge in [0.2, 0.25) is 10.0 Å². The number of hydrogen-bond donors (Lipinski definition) is 3. The average molecular weight is 488 g/mol. The summed E-state index contributed by atoms with van der Waals surface area (Å²) in [4.78, 5) is 12.0. The second-order valence-corrected chi connectivity index (χ2v) is 8.97. The lowest BCUT2D eigenvalue weighted by atomic mass is 10.2. The molecule has 0 aliphatic heterocycles. The van der Waals surface area contributed by atoms with E-state index in [1.54, 1.807) is 0 Å². The molecular formula is C21H24F3N3O5S. The number of sulfonamides is 1. The van der Waals surface area contributed by atoms with Crippen molar-refractivity contribution in [2.45, 2.75) is 17.2 Å². The Balaban J connectivity index is 1.82. The van der Waals surface area contributed by atoms with Crippen molar-refractivity contribution in [2.24, 2.45) is 0 Å². The number of carbonyl (C=O) groups is 1. The van der Waals surface area contributed by atoms with Gasteiger partial charge in [-0.1, -0.05) is 12.1 Å². The number of aliphatic hydroxyl groups is 1. The number of benzene rings is 2. The van der Waals surface area contributed by atoms with Crippen molar-refractivity contribution in [2.75, 3.05) is 32.1 Å². The Morgan fingerprint density at radius 2 is 1.91 bits per heavy atom. The van der Waals surface area contributed by atoms with Crippen LogP contribution in [0.25, 0.3) is 0 Å². The van der Waals surface area contributed by atoms with E-state index in [1.807, 2.05) is 0 Å². The molecule has 0 aliphatic rings. The minimum Gasteiger partial charge on any atom is -0.491 e. The summed E-state index contributed by atoms with van der Waals surface area (Å²) < 4.78 is 69.1. The largest absolute Gasteiger partial charge is 0.491 e. The molecule has 2 rings (SSSR count). The van der Waals surface area contributed by atoms with Crippen LogP contribution in [0.4, 0.5) is 23.7 Å². The van der Waals surface area contributed by atoms with Gasteiger partial charge in [0.05, 0.1) is 10.5 Å². The van der Waals surface area contributed by atoms with Crippen LogP contribution in [0.3, 0.4) is 0 Å². The van der Waals surface area contributed by atoms with Crippen molar-refractivity contribution in [3.05, 3.63) is 66.7 Å². The molecule has 0 heterocycles. The van der Waals surface area contributed by atoms with Gasteiger partial charge < -0.3 is 20.5 Å². The van der Waals surface area contributed by atoms with E-state index in [0.29, 0.717) is 5.69 Å². The first-order valence-corrected chi connectivity index (χ1v) is 11.1. The Kier molecular flexibility index (Phi) is 8.85. The zero-order valence-corrected chi connectivity index (χ0v) is 18.5. The van der Waals surface area contributed by atoms with E-state index in [1.165, 1.54) is 49.5 Å². The zero-order chi connectivity index (χ0) is 24.6. The molecule has 12 heteroatoms. The smallest absolute Gasteiger partial charge is 0.416 e. The summed E-state index contributed by atoms with van der Waals surface area (Å²) in [6.07, 6.45) is -4.24. The number of amides is 2. The van der Waals surface area contributed by atoms with Crippen molar-refractivity contribution in [3.63, 3.8) is 0 Å². The van der Waals surface area contributed by atoms with E-state index < -0.39 is 33.9 Å². The topological polar surface area (TPSA) is 108 Å². The molecule has 0 spiro atoms. The normalized spacial score (nSPS) is 12.8. The van der Waals surface area contributed by atoms with Crippen LogP contribution in [0.2, 0.25) is 0 Å². The van der Waals surface area contributed by atoms with E-state index in [9.17, 15) is 31.5 Å². The monoisotopic (exact) mass is 487 g/mol. The van der Waals surface area contributed by atoms with Gasteiger partial charge in [0.15, 0.2) is 0 Å². The first-order chi connectivity index (χ1) is 15.4. The maximum Gasteiger partial charge on any atom is 0.416 e. The first-order valence-electron chi connectivity index (χ1n) is 9.63. The Morgan fingerprint density at radius 1 is 1.24 bits per heavy atom. The standard InChI is InChI=1S/C21H24F3N3O5S/c1-3-11-27(2)33(30,31)19-9-7-16(8-10-19)26-20(29)25-13-17(28)14-32-18-6-4-5-15(12-18)21(22,23)24/h3-10,12,17,28H,1,11,13-14H2,2H3,(H2,25,26,29). The number of rotatable bonds is 10. The quantitative estimate of drug-likeness (QED) is 0.447. The number of ether oxygens (including phenoxy) is 1. The summed E-state index contributed by atoms with van der Waals surface area (Å²) in [5.41, 5.74) is -0.564. The van der Waals surface area contributed by atoms with Crippen LogP contribution in [0, 0.1) is 0 Å². The molecule has 1 unspecified atom stereocenters. The van der Waals surface area contributed by atoms with Crippen LogP contribution in [-0.4, -0.2) is 56.7 Å². The Morgan fingerprint density at radius 3 is 2.52 bits per heavy atom. The van der Waals surface area contributed by atoms with Gasteiger partial charge in [-0.25, -0.2) is 13.2 Å². The number of carbonyl (C=O) groups excluding carboxylic acids is 1. The number of urea groups is 1. The molecule has 2 amide bonds. The molecule has 0 aliphatic carbocycles. The summed E-state index contributed by atoms with van der Waals surface area (Å²) in [6.45, 7) is 3.07. The van der Waals surface area contributed by atoms with Crippen LogP contribution < -0.4 is 15.4 Å². The predicted octanol–water partition coefficient (Wildman–Crippen LogP) is 3.07. The molecule has 2 aromatic carbocycles. The first kappa shape index (κ1) is 26.2. The van der Waals surface area contributed by atoms with Gasteiger partial charge in [-0.2, -0.15) is 17.5 Å². The maximum absolute atomic E-state index is 12.7. The van der Waals surface area contributed by atoms with Crippen molar-refractivity contribution in [1.82, 2.24) is 9.62 Å². The molecule has 0 aromatic heterocycles. The van der Waals surface area contributed by atoms with Crippen molar-refractivity contribution in [3.8, 4) is 5.75 Å². The maximum atomic E-state index is 12.7. The minimum absolute atomic E-state index is 0.0416. The van der Waals surface area contributed by atoms with E-state index in [-0.39, 0.29) is 30.3 Å². The number of aliphatic hydroxyl groups excluding tert-OH is 1. The molecule has 0 fully saturated rings. The van der Waals surface area contributed by atoms with Gasteiger partial charge in [0.1, 0.15) is 18.5 Å². The highest BCUT2D eigenvalue weighted by Crippen LogP contribution is 2.31. The summed E-state index contributed by atoms with van der Waals surface area (Å²) in [7, 11) is -2.27. The number of hydrogen-bond acceptors (Lipinski definition) is 5. The lowest BCUT2D eigenvalue weighted by molar-refractivity contribution is -0.137. The predicted molar refractivity (Wildman–Crippen MR) is 116 cm³/mol. The van der Waals surface area contributed by atoms with Gasteiger partial charge in [-0.3, -0.25) is 0 Å². The lowest BCUT2D eigenvalue weighted by Gasteiger charge is -2.16. The van der Waals surface area contributed by atoms with Gasteiger partial charge >= 0.3 is 12.2 Å². The SMILES string of the molecule is C=CCN(C)S(=O)(=O)c1ccc(NC(=O)NCC(O)COc2cccc(C(F)(F)F)c2)cc1. The molecule has 1 atom stereocenters. The Labute approximate surface area is 189 Å². The number of anilines is 1. The third kappa shape index (κ3) is 7.77. The van der Waals surface area contributed by atoms with Gasteiger partial charge in [-0.05, 0) is 42.5 Å². The second kappa shape index (κ2) is 11.2. The van der Waals surface area contributed by atoms with Crippen molar-refractivity contribution >= 4 is 21.7 Å². The van der Waals surface area contributed by atoms with Crippen LogP contribution in [0.15, 0.2) is 66.1 Å². The third-order valence-corrected chi connectivity index (χ3v) is 6.15. The number of halogens is 3. The number of nitrogens with one attached hydrogen (secondary N) is 2. The molecule has 0 bridgehead atoms. The molecule has 0 saturated carbocycles. The fourth-order valence-electron chi connectivity index (χ4n) is 2.57. The summed E-state index contributed by atoms with van der Waals surface area (Å²) in [5, 5.41) is 14.8. The summed E-state index contributed by atoms with van der Waals surface area (Å²) in [5.74, 6) is -0.0675. The fraction of sp³-hybridized carbons (Fsp3) is 0.286. The van der Waals surface area contributed by atoms with Crippen LogP contribution in [0.5, 0.6) is 5.75 Å². The van der Waals surface area contributed by atoms with Gasteiger partial charge in [-0.15, -0.1) is 6.58 Å². The van der Waals surface area contributed by atoms with E-state index in [2.05, 4.69) is 17.2 Å². The number of alkyl halides is 3. The van der Waals surface area contributed by atoms with Crippen LogP contribution in [-0.2, 0) is 16.2 Å². The fourth-order valence-corrected chi connectivity index (χ4v) is 3.71. The van der Waals surface area contributed by atoms with Gasteiger partial charge in [0.25, 0.3) is 0 Å². The molecule has 3 N–H and O–H groups in total. The number of nitrogens with zero attached hydrogens (tertiary/aromatic N) is 1. The van der Waals surface area contributed by atoms with E-state index in [4.69, 9.17) is 4.74 Å². The summed E-state index contributed by atoms with van der Waals surface area (Å²) >= 11 is 0. The second-order valence-electron chi connectivity index (χ2n) is 6.92. The van der Waals surface area contributed by atoms with Crippen molar-refractivity contribution in [1.29, 1.82) is 0 Å². The highest BCUT2D eigenvalue weighted by atomic mass is 32.2. The van der Waals surface area contributed by atoms with E-state index >= 15 is 0 Å². The zero-order valence-electron chi connectivity index (χ0n) is 17.7. The Hall–Kier alpha value is -3.09. The third-order valence-electron chi connectivity index (χ3n) is 4.31. The average Bonchev–Trinajstić information content (AvgIpc) is 2.76. The molecule has 33 heavy (non-hydrogen) atoms. The lowest BCUT2D eigenvalue weighted by Crippen LogP contribution is -2.37. The van der Waals surface area contributed by atoms with Crippen molar-refractivity contribution < 1.29 is 36.2 Å². The van der Waals surface area contributed by atoms with E-state index in [0.717, 1.165) is 16.4 Å². The summed E-state index contributed by atoms with van der Waals surface area (Å²) in [6, 6.07) is 9.02. The van der Waals surface area contributed by atoms with Crippen LogP contribution in [0.1, 0.15) is 5.56 Å². The molecule has 2 aromatic rings. The minimum atomic E-state index is -4.51. The Bertz CT molecular complexity index is 1060. The highest BCUT2D eigenvalue weighted by molar-refractivity contribution is 7.89. The highest BCUT2D eigenvalue weighted by Gasteiger charge is 2.30.